The van der Waals surface area contributed by atoms with Crippen LogP contribution in [0.2, 0.25) is 0 Å². The van der Waals surface area contributed by atoms with Gasteiger partial charge in [-0.1, -0.05) is 11.8 Å². The van der Waals surface area contributed by atoms with Crippen molar-refractivity contribution in [1.82, 2.24) is 4.98 Å². The van der Waals surface area contributed by atoms with Crippen LogP contribution in [-0.4, -0.2) is 10.1 Å². The first kappa shape index (κ1) is 10.3. The average molecular weight is 242 g/mol. The van der Waals surface area contributed by atoms with Gasteiger partial charge in [0.15, 0.2) is 4.34 Å². The Labute approximate surface area is 96.1 Å². The van der Waals surface area contributed by atoms with E-state index in [-0.39, 0.29) is 0 Å². The maximum atomic E-state index is 8.39. The molecule has 0 spiro atoms. The molecule has 0 bridgehead atoms. The smallest absolute Gasteiger partial charge is 0.151 e. The third-order valence-electron chi connectivity index (χ3n) is 2.13. The first-order chi connectivity index (χ1) is 6.90. The van der Waals surface area contributed by atoms with Crippen molar-refractivity contribution in [2.24, 2.45) is 0 Å². The molecule has 1 aromatic heterocycles. The summed E-state index contributed by atoms with van der Waals surface area (Å²) < 4.78 is 1.14. The summed E-state index contributed by atoms with van der Waals surface area (Å²) in [6.45, 7) is 0. The van der Waals surface area contributed by atoms with Crippen molar-refractivity contribution in [3.8, 4) is 5.40 Å². The molecule has 0 unspecified atom stereocenters. The summed E-state index contributed by atoms with van der Waals surface area (Å²) in [6, 6.07) is 0. The van der Waals surface area contributed by atoms with Crippen molar-refractivity contribution in [3.05, 3.63) is 10.6 Å². The molecule has 1 heterocycles. The topological polar surface area (TPSA) is 36.7 Å². The van der Waals surface area contributed by atoms with Gasteiger partial charge in [-0.05, 0) is 37.4 Å². The van der Waals surface area contributed by atoms with Crippen LogP contribution in [0.3, 0.4) is 0 Å². The number of hydrogen-bond acceptors (Lipinski definition) is 5. The van der Waals surface area contributed by atoms with Gasteiger partial charge in [0.2, 0.25) is 0 Å². The number of fused-ring (bicyclic) bond motifs is 1. The first-order valence-electron chi connectivity index (χ1n) is 4.52. The number of hydrogen-bond donors (Lipinski definition) is 0. The highest BCUT2D eigenvalue weighted by molar-refractivity contribution is 8.18. The van der Waals surface area contributed by atoms with Crippen LogP contribution < -0.4 is 0 Å². The van der Waals surface area contributed by atoms with Crippen LogP contribution in [0, 0.1) is 10.7 Å². The number of rotatable bonds is 3. The van der Waals surface area contributed by atoms with Gasteiger partial charge in [0, 0.05) is 4.88 Å². The fourth-order valence-electron chi connectivity index (χ4n) is 1.50. The number of thiazole rings is 1. The predicted octanol–water partition coefficient (Wildman–Crippen LogP) is 3.29. The lowest BCUT2D eigenvalue weighted by molar-refractivity contribution is 0.680. The van der Waals surface area contributed by atoms with Crippen LogP contribution in [-0.2, 0) is 12.8 Å². The summed E-state index contributed by atoms with van der Waals surface area (Å²) in [6.07, 6.45) is 4.96. The number of aromatic nitrogens is 1. The molecule has 1 aliphatic carbocycles. The van der Waals surface area contributed by atoms with E-state index in [1.165, 1.54) is 41.6 Å². The first-order valence-corrected chi connectivity index (χ1v) is 7.31. The van der Waals surface area contributed by atoms with Gasteiger partial charge in [-0.15, -0.1) is 11.3 Å². The molecule has 0 amide bonds. The summed E-state index contributed by atoms with van der Waals surface area (Å²) in [5, 5.41) is 11.3. The van der Waals surface area contributed by atoms with E-state index in [2.05, 4.69) is 10.4 Å². The molecule has 2 nitrogen and oxygen atoms in total. The lowest BCUT2D eigenvalue weighted by Crippen LogP contribution is -1.98. The van der Waals surface area contributed by atoms with E-state index in [1.54, 1.807) is 11.8 Å². The standard InChI is InChI=1S/C9H10N2S3/c10-5-12-6-13-9-11-7-3-1-2-4-8(7)14-9/h1-4,6H2. The van der Waals surface area contributed by atoms with Crippen LogP contribution in [0.1, 0.15) is 23.4 Å². The molecule has 0 radical (unpaired) electrons. The highest BCUT2D eigenvalue weighted by Crippen LogP contribution is 2.33. The summed E-state index contributed by atoms with van der Waals surface area (Å²) >= 11 is 4.79. The van der Waals surface area contributed by atoms with E-state index in [9.17, 15) is 0 Å². The fourth-order valence-corrected chi connectivity index (χ4v) is 4.37. The van der Waals surface area contributed by atoms with Crippen LogP contribution in [0.25, 0.3) is 0 Å². The molecule has 0 saturated heterocycles. The summed E-state index contributed by atoms with van der Waals surface area (Å²) in [5.74, 6) is 0. The Bertz CT molecular complexity index is 330. The Hall–Kier alpha value is -0.180. The molecule has 14 heavy (non-hydrogen) atoms. The van der Waals surface area contributed by atoms with E-state index in [1.807, 2.05) is 11.3 Å². The van der Waals surface area contributed by atoms with E-state index in [0.29, 0.717) is 0 Å². The Balaban J connectivity index is 1.98. The second kappa shape index (κ2) is 5.06. The Morgan fingerprint density at radius 1 is 1.43 bits per heavy atom. The van der Waals surface area contributed by atoms with E-state index in [4.69, 9.17) is 5.26 Å². The SMILES string of the molecule is N#CSCSc1nc2c(s1)CCCC2. The van der Waals surface area contributed by atoms with Crippen LogP contribution in [0.15, 0.2) is 4.34 Å². The van der Waals surface area contributed by atoms with Crippen molar-refractivity contribution in [2.45, 2.75) is 30.0 Å². The molecule has 1 aromatic rings. The van der Waals surface area contributed by atoms with Gasteiger partial charge in [0.25, 0.3) is 0 Å². The Morgan fingerprint density at radius 2 is 2.29 bits per heavy atom. The maximum absolute atomic E-state index is 8.39. The van der Waals surface area contributed by atoms with Crippen molar-refractivity contribution in [2.75, 3.05) is 5.08 Å². The number of nitriles is 1. The van der Waals surface area contributed by atoms with Crippen LogP contribution >= 0.6 is 34.9 Å². The van der Waals surface area contributed by atoms with Crippen molar-refractivity contribution >= 4 is 34.9 Å². The molecule has 74 valence electrons. The Kier molecular flexibility index (Phi) is 3.74. The van der Waals surface area contributed by atoms with Gasteiger partial charge >= 0.3 is 0 Å². The van der Waals surface area contributed by atoms with Crippen LogP contribution in [0.5, 0.6) is 0 Å². The highest BCUT2D eigenvalue weighted by Gasteiger charge is 2.14. The number of thiocyanates is 1. The highest BCUT2D eigenvalue weighted by atomic mass is 32.2. The predicted molar refractivity (Wildman–Crippen MR) is 62.7 cm³/mol. The summed E-state index contributed by atoms with van der Waals surface area (Å²) in [7, 11) is 0. The molecular weight excluding hydrogens is 232 g/mol. The number of nitrogens with zero attached hydrogens (tertiary/aromatic N) is 2. The average Bonchev–Trinajstić information content (AvgIpc) is 2.60. The monoisotopic (exact) mass is 242 g/mol. The minimum absolute atomic E-state index is 0.795. The number of aryl methyl sites for hydroxylation is 2. The molecular formula is C9H10N2S3. The summed E-state index contributed by atoms with van der Waals surface area (Å²) in [5.41, 5.74) is 1.31. The van der Waals surface area contributed by atoms with Crippen molar-refractivity contribution in [1.29, 1.82) is 5.26 Å². The fraction of sp³-hybridized carbons (Fsp3) is 0.556. The van der Waals surface area contributed by atoms with Crippen molar-refractivity contribution < 1.29 is 0 Å². The van der Waals surface area contributed by atoms with Crippen molar-refractivity contribution in [3.63, 3.8) is 0 Å². The third-order valence-corrected chi connectivity index (χ3v) is 5.10. The zero-order valence-electron chi connectivity index (χ0n) is 7.65. The second-order valence-electron chi connectivity index (χ2n) is 3.05. The lowest BCUT2D eigenvalue weighted by Gasteiger charge is -2.06. The van der Waals surface area contributed by atoms with Gasteiger partial charge in [-0.3, -0.25) is 0 Å². The minimum Gasteiger partial charge on any atom is -0.234 e. The molecule has 0 fully saturated rings. The normalized spacial score (nSPS) is 14.8. The molecule has 2 rings (SSSR count). The second-order valence-corrected chi connectivity index (χ2v) is 6.49. The lowest BCUT2D eigenvalue weighted by atomic mass is 10.0. The molecule has 0 N–H and O–H groups in total. The van der Waals surface area contributed by atoms with Gasteiger partial charge in [-0.2, -0.15) is 5.26 Å². The molecule has 0 atom stereocenters. The zero-order chi connectivity index (χ0) is 9.80. The van der Waals surface area contributed by atoms with E-state index in [0.717, 1.165) is 15.8 Å². The maximum Gasteiger partial charge on any atom is 0.151 e. The third kappa shape index (κ3) is 2.44. The molecule has 0 aromatic carbocycles. The largest absolute Gasteiger partial charge is 0.234 e. The van der Waals surface area contributed by atoms with E-state index >= 15 is 0 Å². The molecule has 0 aliphatic heterocycles. The zero-order valence-corrected chi connectivity index (χ0v) is 10.1. The Morgan fingerprint density at radius 3 is 3.07 bits per heavy atom. The van der Waals surface area contributed by atoms with Gasteiger partial charge in [-0.25, -0.2) is 4.98 Å². The molecule has 5 heteroatoms. The van der Waals surface area contributed by atoms with Crippen LogP contribution in [0.4, 0.5) is 0 Å². The summed E-state index contributed by atoms with van der Waals surface area (Å²) in [4.78, 5) is 6.05. The van der Waals surface area contributed by atoms with Gasteiger partial charge < -0.3 is 0 Å². The van der Waals surface area contributed by atoms with E-state index < -0.39 is 0 Å². The molecule has 1 aliphatic rings. The minimum atomic E-state index is 0.795. The molecule has 0 saturated carbocycles. The number of thioether (sulfide) groups is 2. The quantitative estimate of drug-likeness (QED) is 0.353. The van der Waals surface area contributed by atoms with Gasteiger partial charge in [0.05, 0.1) is 10.8 Å². The van der Waals surface area contributed by atoms with Gasteiger partial charge in [0.1, 0.15) is 5.40 Å².